The van der Waals surface area contributed by atoms with E-state index in [1.165, 1.54) is 16.3 Å². The molecule has 1 aromatic heterocycles. The maximum atomic E-state index is 11.4. The third-order valence-corrected chi connectivity index (χ3v) is 3.81. The molecular weight excluding hydrogens is 254 g/mol. The zero-order chi connectivity index (χ0) is 13.8. The van der Waals surface area contributed by atoms with Crippen LogP contribution in [0.3, 0.4) is 0 Å². The van der Waals surface area contributed by atoms with Gasteiger partial charge in [-0.3, -0.25) is 9.36 Å². The van der Waals surface area contributed by atoms with E-state index >= 15 is 0 Å². The number of likely N-dealkylation sites (N-methyl/N-ethyl adjacent to an activating group) is 1. The van der Waals surface area contributed by atoms with Crippen LogP contribution in [0, 0.1) is 0 Å². The molecule has 0 aliphatic heterocycles. The number of hydrogen-bond donors (Lipinski definition) is 3. The Balaban J connectivity index is 2.57. The van der Waals surface area contributed by atoms with Crippen LogP contribution in [0.1, 0.15) is 20.3 Å². The summed E-state index contributed by atoms with van der Waals surface area (Å²) in [5.41, 5.74) is 4.41. The minimum Gasteiger partial charge on any atom is -0.368 e. The Labute approximate surface area is 110 Å². The van der Waals surface area contributed by atoms with E-state index in [0.717, 1.165) is 0 Å². The van der Waals surface area contributed by atoms with Crippen molar-refractivity contribution in [2.45, 2.75) is 31.0 Å². The molecule has 0 fully saturated rings. The predicted molar refractivity (Wildman–Crippen MR) is 70.4 cm³/mol. The molecule has 0 aromatic carbocycles. The van der Waals surface area contributed by atoms with Gasteiger partial charge in [-0.15, -0.1) is 5.10 Å². The number of hydrogen-bond acceptors (Lipinski definition) is 5. The Morgan fingerprint density at radius 3 is 2.78 bits per heavy atom. The van der Waals surface area contributed by atoms with Crippen molar-refractivity contribution >= 4 is 17.7 Å². The van der Waals surface area contributed by atoms with Gasteiger partial charge in [0.1, 0.15) is 0 Å². The third kappa shape index (κ3) is 3.36. The Morgan fingerprint density at radius 1 is 1.67 bits per heavy atom. The first-order valence-corrected chi connectivity index (χ1v) is 6.68. The highest BCUT2D eigenvalue weighted by molar-refractivity contribution is 7.99. The Morgan fingerprint density at radius 2 is 2.33 bits per heavy atom. The number of amides is 1. The van der Waals surface area contributed by atoms with Crippen molar-refractivity contribution in [3.05, 3.63) is 10.5 Å². The lowest BCUT2D eigenvalue weighted by Gasteiger charge is -2.26. The third-order valence-electron chi connectivity index (χ3n) is 2.78. The number of carbonyl (C=O) groups is 1. The average Bonchev–Trinajstić information content (AvgIpc) is 2.61. The molecule has 0 saturated carbocycles. The zero-order valence-electron chi connectivity index (χ0n) is 10.8. The van der Waals surface area contributed by atoms with Crippen molar-refractivity contribution in [2.24, 2.45) is 12.8 Å². The number of rotatable bonds is 7. The van der Waals surface area contributed by atoms with Crippen molar-refractivity contribution < 1.29 is 4.79 Å². The van der Waals surface area contributed by atoms with E-state index in [1.54, 1.807) is 14.0 Å². The number of H-pyrrole nitrogens is 1. The smallest absolute Gasteiger partial charge is 0.343 e. The Bertz CT molecular complexity index is 469. The molecule has 18 heavy (non-hydrogen) atoms. The molecule has 0 aliphatic carbocycles. The highest BCUT2D eigenvalue weighted by atomic mass is 32.2. The second kappa shape index (κ2) is 6.05. The fourth-order valence-electron chi connectivity index (χ4n) is 1.50. The van der Waals surface area contributed by atoms with Gasteiger partial charge >= 0.3 is 5.69 Å². The number of primary amides is 1. The van der Waals surface area contributed by atoms with Crippen LogP contribution >= 0.6 is 11.8 Å². The molecular formula is C10H19N5O2S. The van der Waals surface area contributed by atoms with Gasteiger partial charge in [-0.25, -0.2) is 9.89 Å². The first kappa shape index (κ1) is 14.8. The molecule has 1 heterocycles. The van der Waals surface area contributed by atoms with Crippen molar-refractivity contribution in [1.29, 1.82) is 0 Å². The topological polar surface area (TPSA) is 106 Å². The van der Waals surface area contributed by atoms with Crippen molar-refractivity contribution in [1.82, 2.24) is 20.1 Å². The molecule has 4 N–H and O–H groups in total. The SMILES string of the molecule is CCNC(C)(CCSc1n[nH]c(=O)n1C)C(N)=O. The van der Waals surface area contributed by atoms with Gasteiger partial charge in [0.15, 0.2) is 5.16 Å². The summed E-state index contributed by atoms with van der Waals surface area (Å²) >= 11 is 1.41. The minimum atomic E-state index is -0.725. The number of nitrogens with two attached hydrogens (primary N) is 1. The van der Waals surface area contributed by atoms with Gasteiger partial charge in [-0.2, -0.15) is 0 Å². The molecule has 0 aliphatic rings. The van der Waals surface area contributed by atoms with Gasteiger partial charge < -0.3 is 11.1 Å². The molecule has 0 bridgehead atoms. The number of aromatic nitrogens is 3. The maximum absolute atomic E-state index is 11.4. The van der Waals surface area contributed by atoms with Crippen molar-refractivity contribution in [3.8, 4) is 0 Å². The number of aromatic amines is 1. The fourth-order valence-corrected chi connectivity index (χ4v) is 2.58. The van der Waals surface area contributed by atoms with Gasteiger partial charge in [-0.05, 0) is 19.9 Å². The van der Waals surface area contributed by atoms with Gasteiger partial charge in [0, 0.05) is 12.8 Å². The second-order valence-electron chi connectivity index (χ2n) is 4.20. The van der Waals surface area contributed by atoms with E-state index in [4.69, 9.17) is 5.73 Å². The summed E-state index contributed by atoms with van der Waals surface area (Å²) in [6.07, 6.45) is 0.571. The van der Waals surface area contributed by atoms with Crippen LogP contribution in [0.4, 0.5) is 0 Å². The summed E-state index contributed by atoms with van der Waals surface area (Å²) in [5, 5.41) is 9.92. The lowest BCUT2D eigenvalue weighted by Crippen LogP contribution is -2.53. The van der Waals surface area contributed by atoms with Gasteiger partial charge in [0.05, 0.1) is 5.54 Å². The Hall–Kier alpha value is -1.28. The molecule has 0 spiro atoms. The number of carbonyl (C=O) groups excluding carboxylic acids is 1. The monoisotopic (exact) mass is 273 g/mol. The van der Waals surface area contributed by atoms with E-state index < -0.39 is 5.54 Å². The molecule has 1 rings (SSSR count). The highest BCUT2D eigenvalue weighted by Crippen LogP contribution is 2.18. The number of thioether (sulfide) groups is 1. The zero-order valence-corrected chi connectivity index (χ0v) is 11.6. The molecule has 7 nitrogen and oxygen atoms in total. The first-order chi connectivity index (χ1) is 8.40. The molecule has 0 saturated heterocycles. The average molecular weight is 273 g/mol. The molecule has 1 amide bonds. The van der Waals surface area contributed by atoms with Crippen LogP contribution in [-0.2, 0) is 11.8 Å². The van der Waals surface area contributed by atoms with E-state index in [2.05, 4.69) is 15.5 Å². The van der Waals surface area contributed by atoms with Crippen LogP contribution < -0.4 is 16.7 Å². The lowest BCUT2D eigenvalue weighted by molar-refractivity contribution is -0.123. The first-order valence-electron chi connectivity index (χ1n) is 5.70. The standard InChI is InChI=1S/C10H19N5O2S/c1-4-12-10(2,7(11)16)5-6-18-9-14-13-8(17)15(9)3/h12H,4-6H2,1-3H3,(H2,11,16)(H,13,17). The van der Waals surface area contributed by atoms with Crippen molar-refractivity contribution in [2.75, 3.05) is 12.3 Å². The maximum Gasteiger partial charge on any atom is 0.343 e. The molecule has 102 valence electrons. The summed E-state index contributed by atoms with van der Waals surface area (Å²) in [6.45, 7) is 4.37. The number of nitrogens with zero attached hydrogens (tertiary/aromatic N) is 2. The van der Waals surface area contributed by atoms with Crippen LogP contribution in [-0.4, -0.2) is 38.5 Å². The fraction of sp³-hybridized carbons (Fsp3) is 0.700. The second-order valence-corrected chi connectivity index (χ2v) is 5.26. The van der Waals surface area contributed by atoms with Crippen LogP contribution in [0.25, 0.3) is 0 Å². The van der Waals surface area contributed by atoms with E-state index in [9.17, 15) is 9.59 Å². The quantitative estimate of drug-likeness (QED) is 0.578. The summed E-state index contributed by atoms with van der Waals surface area (Å²) in [6, 6.07) is 0. The molecule has 0 radical (unpaired) electrons. The van der Waals surface area contributed by atoms with Gasteiger partial charge in [0.25, 0.3) is 0 Å². The van der Waals surface area contributed by atoms with E-state index in [0.29, 0.717) is 23.9 Å². The minimum absolute atomic E-state index is 0.248. The summed E-state index contributed by atoms with van der Waals surface area (Å²) in [4.78, 5) is 22.6. The number of nitrogens with one attached hydrogen (secondary N) is 2. The highest BCUT2D eigenvalue weighted by Gasteiger charge is 2.29. The molecule has 1 unspecified atom stereocenters. The molecule has 1 atom stereocenters. The van der Waals surface area contributed by atoms with Crippen LogP contribution in [0.5, 0.6) is 0 Å². The van der Waals surface area contributed by atoms with E-state index in [-0.39, 0.29) is 11.6 Å². The molecule has 8 heteroatoms. The van der Waals surface area contributed by atoms with Crippen molar-refractivity contribution in [3.63, 3.8) is 0 Å². The lowest BCUT2D eigenvalue weighted by atomic mass is 9.98. The van der Waals surface area contributed by atoms with Crippen LogP contribution in [0.15, 0.2) is 9.95 Å². The van der Waals surface area contributed by atoms with Gasteiger partial charge in [0.2, 0.25) is 5.91 Å². The summed E-state index contributed by atoms with van der Waals surface area (Å²) in [7, 11) is 1.64. The molecule has 1 aromatic rings. The van der Waals surface area contributed by atoms with Crippen LogP contribution in [0.2, 0.25) is 0 Å². The summed E-state index contributed by atoms with van der Waals surface area (Å²) < 4.78 is 1.43. The summed E-state index contributed by atoms with van der Waals surface area (Å²) in [5.74, 6) is 0.269. The van der Waals surface area contributed by atoms with Gasteiger partial charge in [-0.1, -0.05) is 18.7 Å². The van der Waals surface area contributed by atoms with E-state index in [1.807, 2.05) is 6.92 Å². The Kier molecular flexibility index (Phi) is 4.97. The predicted octanol–water partition coefficient (Wildman–Crippen LogP) is -0.556. The largest absolute Gasteiger partial charge is 0.368 e. The normalized spacial score (nSPS) is 14.4.